The second-order valence-electron chi connectivity index (χ2n) is 3.14. The highest BCUT2D eigenvalue weighted by molar-refractivity contribution is 9.10. The third-order valence-corrected chi connectivity index (χ3v) is 2.87. The summed E-state index contributed by atoms with van der Waals surface area (Å²) >= 11 is 3.49. The Morgan fingerprint density at radius 1 is 1.40 bits per heavy atom. The minimum Gasteiger partial charge on any atom is -0.325 e. The molecule has 0 unspecified atom stereocenters. The first-order valence-corrected chi connectivity index (χ1v) is 5.63. The molecule has 0 aliphatic carbocycles. The summed E-state index contributed by atoms with van der Waals surface area (Å²) in [5, 5.41) is 3.28. The van der Waals surface area contributed by atoms with E-state index in [9.17, 15) is 0 Å². The fourth-order valence-electron chi connectivity index (χ4n) is 1.37. The summed E-state index contributed by atoms with van der Waals surface area (Å²) in [7, 11) is 0. The van der Waals surface area contributed by atoms with Crippen molar-refractivity contribution in [3.8, 4) is 0 Å². The molecule has 78 valence electrons. The van der Waals surface area contributed by atoms with Crippen LogP contribution in [-0.4, -0.2) is 9.55 Å². The zero-order valence-electron chi connectivity index (χ0n) is 8.44. The molecule has 0 fully saturated rings. The van der Waals surface area contributed by atoms with E-state index in [4.69, 9.17) is 0 Å². The Balaban J connectivity index is 2.26. The molecule has 0 saturated carbocycles. The number of nitrogens with one attached hydrogen (secondary N) is 1. The second-order valence-corrected chi connectivity index (χ2v) is 4.00. The SMILES string of the molecule is CCn1ccnc1Nc1ccccc1Br. The average molecular weight is 266 g/mol. The monoisotopic (exact) mass is 265 g/mol. The van der Waals surface area contributed by atoms with Gasteiger partial charge in [0.05, 0.1) is 5.69 Å². The fraction of sp³-hybridized carbons (Fsp3) is 0.182. The van der Waals surface area contributed by atoms with Crippen LogP contribution in [0.1, 0.15) is 6.92 Å². The van der Waals surface area contributed by atoms with Gasteiger partial charge in [-0.2, -0.15) is 0 Å². The molecule has 0 spiro atoms. The molecule has 0 radical (unpaired) electrons. The molecular formula is C11H12BrN3. The van der Waals surface area contributed by atoms with Crippen molar-refractivity contribution >= 4 is 27.6 Å². The van der Waals surface area contributed by atoms with Crippen molar-refractivity contribution in [2.45, 2.75) is 13.5 Å². The molecule has 3 nitrogen and oxygen atoms in total. The summed E-state index contributed by atoms with van der Waals surface area (Å²) in [5.41, 5.74) is 1.03. The lowest BCUT2D eigenvalue weighted by molar-refractivity contribution is 0.772. The summed E-state index contributed by atoms with van der Waals surface area (Å²) in [6.45, 7) is 3.00. The predicted molar refractivity (Wildman–Crippen MR) is 65.3 cm³/mol. The van der Waals surface area contributed by atoms with E-state index in [1.54, 1.807) is 6.20 Å². The Morgan fingerprint density at radius 3 is 2.93 bits per heavy atom. The van der Waals surface area contributed by atoms with Gasteiger partial charge in [-0.1, -0.05) is 12.1 Å². The van der Waals surface area contributed by atoms with E-state index in [0.29, 0.717) is 0 Å². The summed E-state index contributed by atoms with van der Waals surface area (Å²) in [5.74, 6) is 0.865. The molecule has 2 aromatic rings. The molecule has 0 atom stereocenters. The van der Waals surface area contributed by atoms with Gasteiger partial charge < -0.3 is 9.88 Å². The summed E-state index contributed by atoms with van der Waals surface area (Å²) in [6, 6.07) is 7.99. The van der Waals surface area contributed by atoms with Gasteiger partial charge in [-0.05, 0) is 35.0 Å². The number of anilines is 2. The zero-order chi connectivity index (χ0) is 10.7. The van der Waals surface area contributed by atoms with E-state index in [-0.39, 0.29) is 0 Å². The van der Waals surface area contributed by atoms with Crippen LogP contribution in [0.25, 0.3) is 0 Å². The van der Waals surface area contributed by atoms with Crippen LogP contribution in [0.5, 0.6) is 0 Å². The highest BCUT2D eigenvalue weighted by Gasteiger charge is 2.03. The Hall–Kier alpha value is -1.29. The first kappa shape index (κ1) is 10.2. The lowest BCUT2D eigenvalue weighted by atomic mass is 10.3. The quantitative estimate of drug-likeness (QED) is 0.922. The molecular weight excluding hydrogens is 254 g/mol. The Kier molecular flexibility index (Phi) is 3.06. The lowest BCUT2D eigenvalue weighted by Gasteiger charge is -2.08. The number of benzene rings is 1. The maximum atomic E-state index is 4.25. The van der Waals surface area contributed by atoms with Crippen LogP contribution in [-0.2, 0) is 6.54 Å². The van der Waals surface area contributed by atoms with Gasteiger partial charge in [0, 0.05) is 23.4 Å². The molecule has 4 heteroatoms. The van der Waals surface area contributed by atoms with Gasteiger partial charge in [0.15, 0.2) is 0 Å². The molecule has 0 saturated heterocycles. The number of rotatable bonds is 3. The minimum absolute atomic E-state index is 0.865. The van der Waals surface area contributed by atoms with E-state index in [1.165, 1.54) is 0 Å². The number of halogens is 1. The maximum Gasteiger partial charge on any atom is 0.207 e. The lowest BCUT2D eigenvalue weighted by Crippen LogP contribution is -2.01. The number of imidazole rings is 1. The highest BCUT2D eigenvalue weighted by Crippen LogP contribution is 2.24. The number of hydrogen-bond donors (Lipinski definition) is 1. The van der Waals surface area contributed by atoms with E-state index in [0.717, 1.165) is 22.7 Å². The van der Waals surface area contributed by atoms with Crippen LogP contribution in [0.2, 0.25) is 0 Å². The van der Waals surface area contributed by atoms with Crippen molar-refractivity contribution < 1.29 is 0 Å². The minimum atomic E-state index is 0.865. The van der Waals surface area contributed by atoms with Crippen molar-refractivity contribution in [3.63, 3.8) is 0 Å². The van der Waals surface area contributed by atoms with Gasteiger partial charge in [0.2, 0.25) is 5.95 Å². The second kappa shape index (κ2) is 4.49. The number of para-hydroxylation sites is 1. The molecule has 0 aliphatic heterocycles. The Bertz CT molecular complexity index is 451. The van der Waals surface area contributed by atoms with Crippen LogP contribution in [0.15, 0.2) is 41.1 Å². The summed E-state index contributed by atoms with van der Waals surface area (Å²) in [6.07, 6.45) is 3.75. The van der Waals surface area contributed by atoms with E-state index >= 15 is 0 Å². The first-order chi connectivity index (χ1) is 7.31. The van der Waals surface area contributed by atoms with Crippen molar-refractivity contribution in [2.24, 2.45) is 0 Å². The normalized spacial score (nSPS) is 10.3. The van der Waals surface area contributed by atoms with Crippen LogP contribution >= 0.6 is 15.9 Å². The highest BCUT2D eigenvalue weighted by atomic mass is 79.9. The topological polar surface area (TPSA) is 29.9 Å². The average Bonchev–Trinajstić information content (AvgIpc) is 2.69. The molecule has 2 rings (SSSR count). The molecule has 1 heterocycles. The van der Waals surface area contributed by atoms with Gasteiger partial charge >= 0.3 is 0 Å². The van der Waals surface area contributed by atoms with Crippen LogP contribution < -0.4 is 5.32 Å². The Morgan fingerprint density at radius 2 is 2.20 bits per heavy atom. The number of aryl methyl sites for hydroxylation is 1. The van der Waals surface area contributed by atoms with Crippen molar-refractivity contribution in [2.75, 3.05) is 5.32 Å². The predicted octanol–water partition coefficient (Wildman–Crippen LogP) is 3.41. The fourth-order valence-corrected chi connectivity index (χ4v) is 1.76. The zero-order valence-corrected chi connectivity index (χ0v) is 10.0. The molecule has 0 amide bonds. The van der Waals surface area contributed by atoms with Crippen LogP contribution in [0, 0.1) is 0 Å². The number of hydrogen-bond acceptors (Lipinski definition) is 2. The standard InChI is InChI=1S/C11H12BrN3/c1-2-15-8-7-13-11(15)14-10-6-4-3-5-9(10)12/h3-8H,2H2,1H3,(H,13,14). The van der Waals surface area contributed by atoms with Crippen LogP contribution in [0.4, 0.5) is 11.6 Å². The maximum absolute atomic E-state index is 4.25. The van der Waals surface area contributed by atoms with E-state index in [1.807, 2.05) is 30.5 Å². The summed E-state index contributed by atoms with van der Waals surface area (Å²) < 4.78 is 3.09. The smallest absolute Gasteiger partial charge is 0.207 e. The first-order valence-electron chi connectivity index (χ1n) is 4.84. The number of aromatic nitrogens is 2. The van der Waals surface area contributed by atoms with Gasteiger partial charge in [0.1, 0.15) is 0 Å². The van der Waals surface area contributed by atoms with E-state index in [2.05, 4.69) is 37.7 Å². The molecule has 0 bridgehead atoms. The summed E-state index contributed by atoms with van der Waals surface area (Å²) in [4.78, 5) is 4.25. The molecule has 0 aliphatic rings. The molecule has 1 aromatic heterocycles. The largest absolute Gasteiger partial charge is 0.325 e. The van der Waals surface area contributed by atoms with Gasteiger partial charge in [-0.25, -0.2) is 4.98 Å². The third-order valence-electron chi connectivity index (χ3n) is 2.18. The van der Waals surface area contributed by atoms with Crippen molar-refractivity contribution in [1.82, 2.24) is 9.55 Å². The molecule has 15 heavy (non-hydrogen) atoms. The van der Waals surface area contributed by atoms with Crippen molar-refractivity contribution in [3.05, 3.63) is 41.1 Å². The van der Waals surface area contributed by atoms with E-state index < -0.39 is 0 Å². The molecule has 1 aromatic carbocycles. The third kappa shape index (κ3) is 2.21. The van der Waals surface area contributed by atoms with Gasteiger partial charge in [-0.15, -0.1) is 0 Å². The van der Waals surface area contributed by atoms with Crippen molar-refractivity contribution in [1.29, 1.82) is 0 Å². The molecule has 1 N–H and O–H groups in total. The van der Waals surface area contributed by atoms with Gasteiger partial charge in [-0.3, -0.25) is 0 Å². The Labute approximate surface area is 97.3 Å². The van der Waals surface area contributed by atoms with Crippen LogP contribution in [0.3, 0.4) is 0 Å². The number of nitrogens with zero attached hydrogens (tertiary/aromatic N) is 2. The van der Waals surface area contributed by atoms with Gasteiger partial charge in [0.25, 0.3) is 0 Å².